The Balaban J connectivity index is 1.96. The van der Waals surface area contributed by atoms with Gasteiger partial charge < -0.3 is 10.1 Å². The van der Waals surface area contributed by atoms with Gasteiger partial charge in [-0.3, -0.25) is 0 Å². The number of sulfone groups is 1. The minimum Gasteiger partial charge on any atom is -0.375 e. The summed E-state index contributed by atoms with van der Waals surface area (Å²) in [4.78, 5) is 0. The van der Waals surface area contributed by atoms with E-state index in [0.29, 0.717) is 35.5 Å². The molecule has 2 rings (SSSR count). The number of ether oxygens (including phenoxy) is 1. The van der Waals surface area contributed by atoms with Crippen LogP contribution in [0.15, 0.2) is 0 Å². The van der Waals surface area contributed by atoms with E-state index in [0.717, 1.165) is 32.2 Å². The first kappa shape index (κ1) is 17.2. The SMILES string of the molecule is CC1CCC(CC(CNC(C)(C)C)C2CCS(=O)(=O)C2)O1. The lowest BCUT2D eigenvalue weighted by Gasteiger charge is -2.30. The van der Waals surface area contributed by atoms with E-state index in [2.05, 4.69) is 33.0 Å². The van der Waals surface area contributed by atoms with Crippen molar-refractivity contribution in [1.29, 1.82) is 0 Å². The van der Waals surface area contributed by atoms with E-state index in [1.54, 1.807) is 0 Å². The van der Waals surface area contributed by atoms with Gasteiger partial charge in [-0.25, -0.2) is 8.42 Å². The third kappa shape index (κ3) is 5.53. The molecule has 1 N–H and O–H groups in total. The maximum Gasteiger partial charge on any atom is 0.150 e. The highest BCUT2D eigenvalue weighted by Crippen LogP contribution is 2.33. The molecule has 4 unspecified atom stereocenters. The lowest BCUT2D eigenvalue weighted by molar-refractivity contribution is 0.0347. The molecule has 2 heterocycles. The van der Waals surface area contributed by atoms with Crippen molar-refractivity contribution in [2.75, 3.05) is 18.1 Å². The second-order valence-electron chi connectivity index (χ2n) is 7.94. The zero-order valence-corrected chi connectivity index (χ0v) is 14.7. The molecule has 0 amide bonds. The standard InChI is InChI=1S/C16H31NO3S/c1-12-5-6-15(20-12)9-14(10-17-16(2,3)4)13-7-8-21(18,19)11-13/h12-15,17H,5-11H2,1-4H3. The average Bonchev–Trinajstić information content (AvgIpc) is 2.89. The van der Waals surface area contributed by atoms with Crippen LogP contribution >= 0.6 is 0 Å². The summed E-state index contributed by atoms with van der Waals surface area (Å²) in [6, 6.07) is 0. The fraction of sp³-hybridized carbons (Fsp3) is 1.00. The zero-order chi connectivity index (χ0) is 15.7. The van der Waals surface area contributed by atoms with Crippen molar-refractivity contribution in [3.63, 3.8) is 0 Å². The summed E-state index contributed by atoms with van der Waals surface area (Å²) in [6.07, 6.45) is 4.74. The largest absolute Gasteiger partial charge is 0.375 e. The summed E-state index contributed by atoms with van der Waals surface area (Å²) in [5.74, 6) is 1.43. The van der Waals surface area contributed by atoms with E-state index in [-0.39, 0.29) is 5.54 Å². The van der Waals surface area contributed by atoms with Crippen LogP contribution in [0.2, 0.25) is 0 Å². The fourth-order valence-corrected chi connectivity index (χ4v) is 5.39. The predicted molar refractivity (Wildman–Crippen MR) is 86.2 cm³/mol. The quantitative estimate of drug-likeness (QED) is 0.846. The number of rotatable bonds is 5. The summed E-state index contributed by atoms with van der Waals surface area (Å²) < 4.78 is 29.5. The van der Waals surface area contributed by atoms with Gasteiger partial charge in [0.1, 0.15) is 0 Å². The number of nitrogens with one attached hydrogen (secondary N) is 1. The molecule has 21 heavy (non-hydrogen) atoms. The third-order valence-electron chi connectivity index (χ3n) is 4.71. The summed E-state index contributed by atoms with van der Waals surface area (Å²) >= 11 is 0. The van der Waals surface area contributed by atoms with Crippen LogP contribution in [0.5, 0.6) is 0 Å². The van der Waals surface area contributed by atoms with Gasteiger partial charge in [-0.2, -0.15) is 0 Å². The predicted octanol–water partition coefficient (Wildman–Crippen LogP) is 2.38. The molecule has 0 radical (unpaired) electrons. The Kier molecular flexibility index (Phi) is 5.37. The second-order valence-corrected chi connectivity index (χ2v) is 10.2. The molecule has 0 aromatic heterocycles. The van der Waals surface area contributed by atoms with E-state index in [4.69, 9.17) is 4.74 Å². The summed E-state index contributed by atoms with van der Waals surface area (Å²) in [5.41, 5.74) is 0.0690. The highest BCUT2D eigenvalue weighted by Gasteiger charge is 2.36. The van der Waals surface area contributed by atoms with Crippen LogP contribution in [0.1, 0.15) is 53.4 Å². The van der Waals surface area contributed by atoms with E-state index in [1.807, 2.05) is 0 Å². The minimum absolute atomic E-state index is 0.0690. The Labute approximate surface area is 129 Å². The van der Waals surface area contributed by atoms with Crippen LogP contribution < -0.4 is 5.32 Å². The van der Waals surface area contributed by atoms with Gasteiger partial charge in [-0.15, -0.1) is 0 Å². The smallest absolute Gasteiger partial charge is 0.150 e. The molecule has 2 aliphatic rings. The Morgan fingerprint density at radius 2 is 1.95 bits per heavy atom. The van der Waals surface area contributed by atoms with Crippen molar-refractivity contribution in [2.45, 2.75) is 71.1 Å². The first-order valence-corrected chi connectivity index (χ1v) is 10.1. The molecule has 0 aromatic rings. The molecule has 2 saturated heterocycles. The van der Waals surface area contributed by atoms with Crippen LogP contribution in [0.4, 0.5) is 0 Å². The highest BCUT2D eigenvalue weighted by atomic mass is 32.2. The van der Waals surface area contributed by atoms with Gasteiger partial charge in [0.2, 0.25) is 0 Å². The molecular weight excluding hydrogens is 286 g/mol. The van der Waals surface area contributed by atoms with Gasteiger partial charge in [-0.1, -0.05) is 0 Å². The molecule has 0 aromatic carbocycles. The van der Waals surface area contributed by atoms with Gasteiger partial charge in [0.15, 0.2) is 9.84 Å². The van der Waals surface area contributed by atoms with E-state index >= 15 is 0 Å². The zero-order valence-electron chi connectivity index (χ0n) is 13.9. The summed E-state index contributed by atoms with van der Waals surface area (Å²) in [7, 11) is -2.81. The molecule has 4 atom stereocenters. The van der Waals surface area contributed by atoms with Crippen LogP contribution in [0.3, 0.4) is 0 Å². The first-order valence-electron chi connectivity index (χ1n) is 8.25. The van der Waals surface area contributed by atoms with Gasteiger partial charge in [0.25, 0.3) is 0 Å². The van der Waals surface area contributed by atoms with E-state index < -0.39 is 9.84 Å². The van der Waals surface area contributed by atoms with Crippen molar-refractivity contribution in [2.24, 2.45) is 11.8 Å². The Hall–Kier alpha value is -0.130. The Morgan fingerprint density at radius 3 is 2.43 bits per heavy atom. The van der Waals surface area contributed by atoms with Gasteiger partial charge >= 0.3 is 0 Å². The maximum atomic E-state index is 11.8. The van der Waals surface area contributed by atoms with Crippen molar-refractivity contribution in [1.82, 2.24) is 5.32 Å². The lowest BCUT2D eigenvalue weighted by Crippen LogP contribution is -2.41. The topological polar surface area (TPSA) is 55.4 Å². The molecule has 2 fully saturated rings. The fourth-order valence-electron chi connectivity index (χ4n) is 3.47. The number of hydrogen-bond acceptors (Lipinski definition) is 4. The highest BCUT2D eigenvalue weighted by molar-refractivity contribution is 7.91. The van der Waals surface area contributed by atoms with Crippen molar-refractivity contribution < 1.29 is 13.2 Å². The summed E-state index contributed by atoms with van der Waals surface area (Å²) in [5, 5.41) is 3.56. The molecule has 0 aliphatic carbocycles. The van der Waals surface area contributed by atoms with Crippen LogP contribution in [-0.4, -0.2) is 44.2 Å². The molecule has 5 heteroatoms. The monoisotopic (exact) mass is 317 g/mol. The molecule has 124 valence electrons. The van der Waals surface area contributed by atoms with Crippen molar-refractivity contribution in [3.8, 4) is 0 Å². The normalized spacial score (nSPS) is 34.2. The lowest BCUT2D eigenvalue weighted by atomic mass is 9.86. The van der Waals surface area contributed by atoms with Gasteiger partial charge in [0.05, 0.1) is 23.7 Å². The second kappa shape index (κ2) is 6.55. The molecule has 2 aliphatic heterocycles. The average molecular weight is 317 g/mol. The van der Waals surface area contributed by atoms with Crippen molar-refractivity contribution in [3.05, 3.63) is 0 Å². The maximum absolute atomic E-state index is 11.8. The van der Waals surface area contributed by atoms with Crippen molar-refractivity contribution >= 4 is 9.84 Å². The first-order chi connectivity index (χ1) is 9.65. The molecule has 0 bridgehead atoms. The Morgan fingerprint density at radius 1 is 1.24 bits per heavy atom. The molecule has 0 saturated carbocycles. The van der Waals surface area contributed by atoms with Crippen LogP contribution in [0.25, 0.3) is 0 Å². The van der Waals surface area contributed by atoms with E-state index in [9.17, 15) is 8.42 Å². The third-order valence-corrected chi connectivity index (χ3v) is 6.51. The van der Waals surface area contributed by atoms with Crippen LogP contribution in [0, 0.1) is 11.8 Å². The van der Waals surface area contributed by atoms with Gasteiger partial charge in [0, 0.05) is 5.54 Å². The number of hydrogen-bond donors (Lipinski definition) is 1. The molecule has 0 spiro atoms. The molecular formula is C16H31NO3S. The van der Waals surface area contributed by atoms with Gasteiger partial charge in [-0.05, 0) is 71.8 Å². The molecule has 4 nitrogen and oxygen atoms in total. The Bertz CT molecular complexity index is 441. The van der Waals surface area contributed by atoms with E-state index in [1.165, 1.54) is 0 Å². The van der Waals surface area contributed by atoms with Crippen LogP contribution in [-0.2, 0) is 14.6 Å². The minimum atomic E-state index is -2.81. The summed E-state index contributed by atoms with van der Waals surface area (Å²) in [6.45, 7) is 9.48.